The molecular formula is C14H9ClF3NO3S. The van der Waals surface area contributed by atoms with Gasteiger partial charge in [-0.25, -0.2) is 0 Å². The highest BCUT2D eigenvalue weighted by molar-refractivity contribution is 7.79. The molecule has 9 heteroatoms. The van der Waals surface area contributed by atoms with Gasteiger partial charge in [-0.2, -0.15) is 25.8 Å². The number of hydrogen-bond donors (Lipinski definition) is 1. The van der Waals surface area contributed by atoms with Crippen LogP contribution in [0.3, 0.4) is 0 Å². The monoisotopic (exact) mass is 363 g/mol. The molecule has 2 rings (SSSR count). The lowest BCUT2D eigenvalue weighted by Crippen LogP contribution is -2.04. The van der Waals surface area contributed by atoms with E-state index in [9.17, 15) is 23.3 Å². The van der Waals surface area contributed by atoms with Gasteiger partial charge < -0.3 is 4.74 Å². The Kier molecular flexibility index (Phi) is 5.06. The number of rotatable bonds is 4. The number of hydrogen-bond acceptors (Lipinski definition) is 4. The summed E-state index contributed by atoms with van der Waals surface area (Å²) in [6.07, 6.45) is -4.51. The maximum Gasteiger partial charge on any atom is 0.416 e. The van der Waals surface area contributed by atoms with Gasteiger partial charge in [0, 0.05) is 17.4 Å². The van der Waals surface area contributed by atoms with Crippen molar-refractivity contribution in [1.29, 1.82) is 0 Å². The Hall–Kier alpha value is -1.93. The Balaban J connectivity index is 2.31. The molecule has 0 fully saturated rings. The minimum Gasteiger partial charge on any atom is -0.456 e. The summed E-state index contributed by atoms with van der Waals surface area (Å²) in [6.45, 7) is 0. The maximum absolute atomic E-state index is 12.6. The standard InChI is InChI=1S/C14H9ClF3NO3S/c15-11-6-9(14(16,17)18)1-4-13(11)22-10-2-3-12(19(20)21)8(5-10)7-23/h1-6,23H,7H2. The fourth-order valence-electron chi connectivity index (χ4n) is 1.82. The van der Waals surface area contributed by atoms with Gasteiger partial charge >= 0.3 is 6.18 Å². The fraction of sp³-hybridized carbons (Fsp3) is 0.143. The molecule has 0 atom stereocenters. The Morgan fingerprint density at radius 1 is 1.22 bits per heavy atom. The van der Waals surface area contributed by atoms with Crippen LogP contribution in [0, 0.1) is 10.1 Å². The van der Waals surface area contributed by atoms with Crippen molar-refractivity contribution in [2.24, 2.45) is 0 Å². The van der Waals surface area contributed by atoms with Crippen LogP contribution in [0.2, 0.25) is 5.02 Å². The number of nitro groups is 1. The van der Waals surface area contributed by atoms with Crippen molar-refractivity contribution >= 4 is 29.9 Å². The highest BCUT2D eigenvalue weighted by Gasteiger charge is 2.31. The molecule has 0 saturated heterocycles. The van der Waals surface area contributed by atoms with Crippen molar-refractivity contribution in [3.05, 3.63) is 62.7 Å². The Bertz CT molecular complexity index is 753. The van der Waals surface area contributed by atoms with Crippen LogP contribution < -0.4 is 4.74 Å². The van der Waals surface area contributed by atoms with Crippen LogP contribution in [0.1, 0.15) is 11.1 Å². The smallest absolute Gasteiger partial charge is 0.416 e. The number of nitro benzene ring substituents is 1. The van der Waals surface area contributed by atoms with E-state index in [0.717, 1.165) is 18.2 Å². The second-order valence-electron chi connectivity index (χ2n) is 4.45. The molecule has 0 spiro atoms. The second-order valence-corrected chi connectivity index (χ2v) is 5.17. The molecular weight excluding hydrogens is 355 g/mol. The van der Waals surface area contributed by atoms with Crippen LogP contribution in [0.15, 0.2) is 36.4 Å². The van der Waals surface area contributed by atoms with Gasteiger partial charge in [0.05, 0.1) is 15.5 Å². The van der Waals surface area contributed by atoms with E-state index in [0.29, 0.717) is 5.56 Å². The lowest BCUT2D eigenvalue weighted by molar-refractivity contribution is -0.385. The molecule has 2 aromatic rings. The molecule has 0 aliphatic heterocycles. The largest absolute Gasteiger partial charge is 0.456 e. The summed E-state index contributed by atoms with van der Waals surface area (Å²) in [5, 5.41) is 10.6. The molecule has 0 aromatic heterocycles. The molecule has 4 nitrogen and oxygen atoms in total. The predicted octanol–water partition coefficient (Wildman–Crippen LogP) is 5.49. The molecule has 0 amide bonds. The van der Waals surface area contributed by atoms with Crippen molar-refractivity contribution in [2.75, 3.05) is 0 Å². The van der Waals surface area contributed by atoms with E-state index in [-0.39, 0.29) is 28.0 Å². The summed E-state index contributed by atoms with van der Waals surface area (Å²) in [7, 11) is 0. The first kappa shape index (κ1) is 17.4. The minimum absolute atomic E-state index is 0.0126. The Morgan fingerprint density at radius 3 is 2.43 bits per heavy atom. The average molecular weight is 364 g/mol. The third-order valence-corrected chi connectivity index (χ3v) is 3.54. The summed E-state index contributed by atoms with van der Waals surface area (Å²) >= 11 is 9.79. The molecule has 0 bridgehead atoms. The Morgan fingerprint density at radius 2 is 1.91 bits per heavy atom. The molecule has 0 radical (unpaired) electrons. The van der Waals surface area contributed by atoms with Crippen molar-refractivity contribution in [2.45, 2.75) is 11.9 Å². The number of nitrogens with zero attached hydrogens (tertiary/aromatic N) is 1. The van der Waals surface area contributed by atoms with Gasteiger partial charge in [0.1, 0.15) is 11.5 Å². The highest BCUT2D eigenvalue weighted by Crippen LogP contribution is 2.37. The van der Waals surface area contributed by atoms with E-state index in [1.165, 1.54) is 18.2 Å². The highest BCUT2D eigenvalue weighted by atomic mass is 35.5. The zero-order valence-electron chi connectivity index (χ0n) is 11.3. The summed E-state index contributed by atoms with van der Waals surface area (Å²) in [5.41, 5.74) is -0.695. The SMILES string of the molecule is O=[N+]([O-])c1ccc(Oc2ccc(C(F)(F)F)cc2Cl)cc1CS. The molecule has 0 aliphatic rings. The van der Waals surface area contributed by atoms with Gasteiger partial charge in [0.15, 0.2) is 0 Å². The van der Waals surface area contributed by atoms with Crippen LogP contribution in [-0.4, -0.2) is 4.92 Å². The van der Waals surface area contributed by atoms with E-state index in [2.05, 4.69) is 12.6 Å². The Labute approximate surface area is 139 Å². The van der Waals surface area contributed by atoms with E-state index in [1.807, 2.05) is 0 Å². The summed E-state index contributed by atoms with van der Waals surface area (Å²) in [4.78, 5) is 10.3. The molecule has 2 aromatic carbocycles. The van der Waals surface area contributed by atoms with Gasteiger partial charge in [-0.05, 0) is 30.3 Å². The first-order valence-corrected chi connectivity index (χ1v) is 7.16. The quantitative estimate of drug-likeness (QED) is 0.444. The topological polar surface area (TPSA) is 52.4 Å². The molecule has 0 aliphatic carbocycles. The van der Waals surface area contributed by atoms with Gasteiger partial charge in [-0.1, -0.05) is 11.6 Å². The maximum atomic E-state index is 12.6. The number of thiol groups is 1. The molecule has 23 heavy (non-hydrogen) atoms. The van der Waals surface area contributed by atoms with Gasteiger partial charge in [-0.3, -0.25) is 10.1 Å². The van der Waals surface area contributed by atoms with Crippen LogP contribution in [0.25, 0.3) is 0 Å². The summed E-state index contributed by atoms with van der Waals surface area (Å²) in [5.74, 6) is 0.328. The van der Waals surface area contributed by atoms with Crippen molar-refractivity contribution in [3.63, 3.8) is 0 Å². The fourth-order valence-corrected chi connectivity index (χ4v) is 2.29. The van der Waals surface area contributed by atoms with E-state index in [1.54, 1.807) is 0 Å². The zero-order valence-corrected chi connectivity index (χ0v) is 13.0. The van der Waals surface area contributed by atoms with Crippen molar-refractivity contribution in [1.82, 2.24) is 0 Å². The van der Waals surface area contributed by atoms with Crippen molar-refractivity contribution in [3.8, 4) is 11.5 Å². The minimum atomic E-state index is -4.51. The lowest BCUT2D eigenvalue weighted by Gasteiger charge is -2.11. The summed E-state index contributed by atoms with van der Waals surface area (Å²) < 4.78 is 43.1. The van der Waals surface area contributed by atoms with Crippen LogP contribution >= 0.6 is 24.2 Å². The number of halogens is 4. The first-order chi connectivity index (χ1) is 10.7. The third kappa shape index (κ3) is 4.08. The number of alkyl halides is 3. The lowest BCUT2D eigenvalue weighted by atomic mass is 10.2. The van der Waals surface area contributed by atoms with Crippen molar-refractivity contribution < 1.29 is 22.8 Å². The molecule has 0 saturated carbocycles. The van der Waals surface area contributed by atoms with E-state index >= 15 is 0 Å². The van der Waals surface area contributed by atoms with E-state index < -0.39 is 16.7 Å². The van der Waals surface area contributed by atoms with E-state index in [4.69, 9.17) is 16.3 Å². The zero-order chi connectivity index (χ0) is 17.2. The average Bonchev–Trinajstić information content (AvgIpc) is 2.47. The van der Waals surface area contributed by atoms with Gasteiger partial charge in [0.25, 0.3) is 5.69 Å². The first-order valence-electron chi connectivity index (χ1n) is 6.15. The molecule has 0 unspecified atom stereocenters. The third-order valence-electron chi connectivity index (χ3n) is 2.91. The second kappa shape index (κ2) is 6.67. The predicted molar refractivity (Wildman–Crippen MR) is 82.3 cm³/mol. The normalized spacial score (nSPS) is 11.3. The van der Waals surface area contributed by atoms with Crippen LogP contribution in [-0.2, 0) is 11.9 Å². The van der Waals surface area contributed by atoms with Gasteiger partial charge in [-0.15, -0.1) is 0 Å². The number of ether oxygens (including phenoxy) is 1. The van der Waals surface area contributed by atoms with Crippen LogP contribution in [0.4, 0.5) is 18.9 Å². The summed E-state index contributed by atoms with van der Waals surface area (Å²) in [6, 6.07) is 6.64. The molecule has 0 N–H and O–H groups in total. The van der Waals surface area contributed by atoms with Gasteiger partial charge in [0.2, 0.25) is 0 Å². The number of benzene rings is 2. The molecule has 0 heterocycles. The molecule has 122 valence electrons. The van der Waals surface area contributed by atoms with Crippen LogP contribution in [0.5, 0.6) is 11.5 Å².